The molecule has 0 aliphatic heterocycles. The third-order valence-corrected chi connectivity index (χ3v) is 2.49. The molecule has 1 heterocycles. The predicted octanol–water partition coefficient (Wildman–Crippen LogP) is 1.82. The highest BCUT2D eigenvalue weighted by atomic mass is 16.5. The minimum Gasteiger partial charge on any atom is -0.372 e. The zero-order valence-corrected chi connectivity index (χ0v) is 10.5. The second-order valence-electron chi connectivity index (χ2n) is 3.99. The molecule has 1 rings (SSSR count). The quantitative estimate of drug-likeness (QED) is 0.735. The number of carbonyl (C=O) groups excluding carboxylic acids is 1. The monoisotopic (exact) mass is 236 g/mol. The van der Waals surface area contributed by atoms with Crippen molar-refractivity contribution in [3.8, 4) is 0 Å². The summed E-state index contributed by atoms with van der Waals surface area (Å²) in [6.45, 7) is 5.40. The van der Waals surface area contributed by atoms with Crippen molar-refractivity contribution in [1.82, 2.24) is 10.3 Å². The molecular formula is C13H20N2O2. The third-order valence-electron chi connectivity index (χ3n) is 2.49. The first-order chi connectivity index (χ1) is 8.24. The van der Waals surface area contributed by atoms with Crippen molar-refractivity contribution in [3.63, 3.8) is 0 Å². The Labute approximate surface area is 102 Å². The average molecular weight is 236 g/mol. The molecule has 0 spiro atoms. The van der Waals surface area contributed by atoms with Crippen molar-refractivity contribution in [3.05, 3.63) is 29.6 Å². The van der Waals surface area contributed by atoms with Crippen molar-refractivity contribution in [2.75, 3.05) is 13.2 Å². The number of ether oxygens (including phenoxy) is 1. The van der Waals surface area contributed by atoms with Gasteiger partial charge in [-0.3, -0.25) is 9.78 Å². The summed E-state index contributed by atoms with van der Waals surface area (Å²) in [6, 6.07) is 1.91. The van der Waals surface area contributed by atoms with E-state index in [1.807, 2.05) is 13.0 Å². The highest BCUT2D eigenvalue weighted by Gasteiger charge is 2.02. The molecule has 0 fully saturated rings. The van der Waals surface area contributed by atoms with E-state index >= 15 is 0 Å². The van der Waals surface area contributed by atoms with Gasteiger partial charge >= 0.3 is 0 Å². The van der Waals surface area contributed by atoms with Gasteiger partial charge in [-0.15, -0.1) is 0 Å². The number of amides is 1. The van der Waals surface area contributed by atoms with E-state index in [0.717, 1.165) is 24.0 Å². The Morgan fingerprint density at radius 2 is 2.35 bits per heavy atom. The van der Waals surface area contributed by atoms with Crippen molar-refractivity contribution in [2.45, 2.75) is 33.2 Å². The van der Waals surface area contributed by atoms with Crippen molar-refractivity contribution >= 4 is 5.91 Å². The molecule has 0 aliphatic carbocycles. The van der Waals surface area contributed by atoms with Gasteiger partial charge in [0, 0.05) is 25.5 Å². The molecule has 1 aromatic rings. The smallest absolute Gasteiger partial charge is 0.246 e. The first kappa shape index (κ1) is 13.6. The van der Waals surface area contributed by atoms with Crippen molar-refractivity contribution in [2.24, 2.45) is 0 Å². The predicted molar refractivity (Wildman–Crippen MR) is 66.5 cm³/mol. The van der Waals surface area contributed by atoms with Crippen LogP contribution in [-0.2, 0) is 16.1 Å². The van der Waals surface area contributed by atoms with Crippen molar-refractivity contribution < 1.29 is 9.53 Å². The summed E-state index contributed by atoms with van der Waals surface area (Å²) < 4.78 is 5.23. The highest BCUT2D eigenvalue weighted by Crippen LogP contribution is 2.03. The van der Waals surface area contributed by atoms with Crippen LogP contribution in [0.4, 0.5) is 0 Å². The molecule has 0 atom stereocenters. The van der Waals surface area contributed by atoms with Crippen LogP contribution >= 0.6 is 0 Å². The molecular weight excluding hydrogens is 216 g/mol. The minimum absolute atomic E-state index is 0.0719. The van der Waals surface area contributed by atoms with E-state index in [1.54, 1.807) is 12.4 Å². The van der Waals surface area contributed by atoms with Gasteiger partial charge in [-0.2, -0.15) is 0 Å². The summed E-state index contributed by atoms with van der Waals surface area (Å²) in [4.78, 5) is 15.4. The Kier molecular flexibility index (Phi) is 6.25. The minimum atomic E-state index is -0.0719. The van der Waals surface area contributed by atoms with Gasteiger partial charge in [0.1, 0.15) is 6.61 Å². The molecule has 94 valence electrons. The Morgan fingerprint density at radius 1 is 1.53 bits per heavy atom. The maximum absolute atomic E-state index is 11.4. The molecule has 0 aromatic carbocycles. The maximum atomic E-state index is 11.4. The second kappa shape index (κ2) is 7.79. The Balaban J connectivity index is 2.22. The number of unbranched alkanes of at least 4 members (excludes halogenated alkanes) is 1. The van der Waals surface area contributed by atoms with Crippen LogP contribution in [0.15, 0.2) is 18.5 Å². The van der Waals surface area contributed by atoms with Crippen LogP contribution in [0.25, 0.3) is 0 Å². The number of nitrogens with zero attached hydrogens (tertiary/aromatic N) is 1. The zero-order valence-electron chi connectivity index (χ0n) is 10.5. The number of aryl methyl sites for hydroxylation is 1. The van der Waals surface area contributed by atoms with E-state index in [2.05, 4.69) is 17.2 Å². The number of rotatable bonds is 7. The summed E-state index contributed by atoms with van der Waals surface area (Å²) in [5, 5.41) is 2.82. The Hall–Kier alpha value is -1.42. The maximum Gasteiger partial charge on any atom is 0.246 e. The lowest BCUT2D eigenvalue weighted by Gasteiger charge is -2.07. The number of carbonyl (C=O) groups is 1. The fourth-order valence-corrected chi connectivity index (χ4v) is 1.36. The first-order valence-electron chi connectivity index (χ1n) is 5.98. The number of aromatic nitrogens is 1. The molecule has 4 heteroatoms. The third kappa shape index (κ3) is 5.45. The molecule has 0 unspecified atom stereocenters. The van der Waals surface area contributed by atoms with Crippen LogP contribution in [0.2, 0.25) is 0 Å². The number of nitrogens with one attached hydrogen (secondary N) is 1. The Morgan fingerprint density at radius 3 is 3.06 bits per heavy atom. The standard InChI is InChI=1S/C13H20N2O2/c1-3-4-7-17-10-13(16)15-9-12-5-6-14-8-11(12)2/h5-6,8H,3-4,7,9-10H2,1-2H3,(H,15,16). The zero-order chi connectivity index (χ0) is 12.5. The van der Waals surface area contributed by atoms with E-state index in [4.69, 9.17) is 4.74 Å². The summed E-state index contributed by atoms with van der Waals surface area (Å²) >= 11 is 0. The van der Waals surface area contributed by atoms with Gasteiger partial charge in [-0.05, 0) is 30.5 Å². The van der Waals surface area contributed by atoms with Gasteiger partial charge < -0.3 is 10.1 Å². The molecule has 0 aliphatic rings. The molecule has 0 radical (unpaired) electrons. The van der Waals surface area contributed by atoms with Crippen LogP contribution in [0.3, 0.4) is 0 Å². The van der Waals surface area contributed by atoms with Crippen LogP contribution in [0.5, 0.6) is 0 Å². The first-order valence-corrected chi connectivity index (χ1v) is 5.98. The molecule has 0 saturated heterocycles. The molecule has 1 amide bonds. The van der Waals surface area contributed by atoms with E-state index in [0.29, 0.717) is 13.2 Å². The highest BCUT2D eigenvalue weighted by molar-refractivity contribution is 5.77. The summed E-state index contributed by atoms with van der Waals surface area (Å²) in [5.74, 6) is -0.0719. The van der Waals surface area contributed by atoms with E-state index in [-0.39, 0.29) is 12.5 Å². The lowest BCUT2D eigenvalue weighted by Crippen LogP contribution is -2.27. The summed E-state index contributed by atoms with van der Waals surface area (Å²) in [7, 11) is 0. The molecule has 1 aromatic heterocycles. The Bertz CT molecular complexity index is 353. The lowest BCUT2D eigenvalue weighted by molar-refractivity contribution is -0.125. The summed E-state index contributed by atoms with van der Waals surface area (Å²) in [6.07, 6.45) is 5.60. The number of hydrogen-bond acceptors (Lipinski definition) is 3. The van der Waals surface area contributed by atoms with Crippen LogP contribution < -0.4 is 5.32 Å². The second-order valence-corrected chi connectivity index (χ2v) is 3.99. The fourth-order valence-electron chi connectivity index (χ4n) is 1.36. The molecule has 4 nitrogen and oxygen atoms in total. The van der Waals surface area contributed by atoms with E-state index in [9.17, 15) is 4.79 Å². The summed E-state index contributed by atoms with van der Waals surface area (Å²) in [5.41, 5.74) is 2.17. The SMILES string of the molecule is CCCCOCC(=O)NCc1ccncc1C. The van der Waals surface area contributed by atoms with E-state index < -0.39 is 0 Å². The number of hydrogen-bond donors (Lipinski definition) is 1. The molecule has 1 N–H and O–H groups in total. The lowest BCUT2D eigenvalue weighted by atomic mass is 10.1. The largest absolute Gasteiger partial charge is 0.372 e. The van der Waals surface area contributed by atoms with Gasteiger partial charge in [0.25, 0.3) is 0 Å². The number of pyridine rings is 1. The molecule has 0 bridgehead atoms. The fraction of sp³-hybridized carbons (Fsp3) is 0.538. The van der Waals surface area contributed by atoms with Gasteiger partial charge in [-0.1, -0.05) is 13.3 Å². The molecule has 0 saturated carbocycles. The average Bonchev–Trinajstić information content (AvgIpc) is 2.34. The topological polar surface area (TPSA) is 51.2 Å². The molecule has 17 heavy (non-hydrogen) atoms. The van der Waals surface area contributed by atoms with Gasteiger partial charge in [0.05, 0.1) is 0 Å². The van der Waals surface area contributed by atoms with Gasteiger partial charge in [0.15, 0.2) is 0 Å². The normalized spacial score (nSPS) is 10.2. The van der Waals surface area contributed by atoms with E-state index in [1.165, 1.54) is 0 Å². The van der Waals surface area contributed by atoms with Crippen molar-refractivity contribution in [1.29, 1.82) is 0 Å². The van der Waals surface area contributed by atoms with Gasteiger partial charge in [0.2, 0.25) is 5.91 Å². The van der Waals surface area contributed by atoms with Crippen LogP contribution in [0, 0.1) is 6.92 Å². The van der Waals surface area contributed by atoms with Crippen LogP contribution in [0.1, 0.15) is 30.9 Å². The van der Waals surface area contributed by atoms with Crippen LogP contribution in [-0.4, -0.2) is 24.1 Å². The van der Waals surface area contributed by atoms with Gasteiger partial charge in [-0.25, -0.2) is 0 Å².